The van der Waals surface area contributed by atoms with Gasteiger partial charge in [-0.25, -0.2) is 4.98 Å². The van der Waals surface area contributed by atoms with Crippen molar-refractivity contribution in [1.29, 1.82) is 0 Å². The largest absolute Gasteiger partial charge is 0.371 e. The van der Waals surface area contributed by atoms with Crippen LogP contribution in [0.15, 0.2) is 60.1 Å². The maximum Gasteiger partial charge on any atom is 0.264 e. The number of nitrogens with one attached hydrogen (secondary N) is 1. The molecule has 2 aromatic carbocycles. The highest BCUT2D eigenvalue weighted by Gasteiger charge is 2.39. The molecule has 202 valence electrons. The second-order valence-corrected chi connectivity index (χ2v) is 11.6. The Kier molecular flexibility index (Phi) is 7.43. The number of benzene rings is 2. The molecule has 3 aliphatic heterocycles. The summed E-state index contributed by atoms with van der Waals surface area (Å²) in [4.78, 5) is 49.6. The first kappa shape index (κ1) is 25.7. The van der Waals surface area contributed by atoms with E-state index in [-0.39, 0.29) is 36.2 Å². The second-order valence-electron chi connectivity index (χ2n) is 10.6. The molecule has 0 spiro atoms. The minimum Gasteiger partial charge on any atom is -0.371 e. The van der Waals surface area contributed by atoms with Crippen LogP contribution in [0.4, 0.5) is 5.69 Å². The van der Waals surface area contributed by atoms with Crippen LogP contribution in [0.5, 0.6) is 0 Å². The van der Waals surface area contributed by atoms with E-state index < -0.39 is 0 Å². The van der Waals surface area contributed by atoms with Crippen LogP contribution >= 0.6 is 11.3 Å². The molecule has 1 N–H and O–H groups in total. The molecule has 0 atom stereocenters. The molecule has 8 nitrogen and oxygen atoms in total. The predicted octanol–water partition coefficient (Wildman–Crippen LogP) is 3.94. The standard InChI is InChI=1S/C30H33N5O3S/c36-28(32-23-11-14-33(15-12-23)19-21-5-2-1-3-6-21)22-9-16-34(17-10-22)25-8-4-7-24-27(25)30(38)35(29(24)37)20-26-31-13-18-39-26/h1-8,13,18,22-23H,9-12,14-17,19-20H2,(H,32,36). The number of carbonyl (C=O) groups is 3. The lowest BCUT2D eigenvalue weighted by Crippen LogP contribution is -2.48. The maximum absolute atomic E-state index is 13.3. The number of piperidine rings is 2. The predicted molar refractivity (Wildman–Crippen MR) is 151 cm³/mol. The van der Waals surface area contributed by atoms with Crippen molar-refractivity contribution < 1.29 is 14.4 Å². The first-order valence-corrected chi connectivity index (χ1v) is 14.6. The zero-order valence-corrected chi connectivity index (χ0v) is 22.7. The molecule has 4 heterocycles. The maximum atomic E-state index is 13.3. The molecule has 2 fully saturated rings. The van der Waals surface area contributed by atoms with Crippen molar-refractivity contribution in [1.82, 2.24) is 20.1 Å². The molecule has 0 saturated carbocycles. The van der Waals surface area contributed by atoms with E-state index in [1.165, 1.54) is 21.8 Å². The number of thiazole rings is 1. The Bertz CT molecular complexity index is 1330. The molecule has 0 aliphatic carbocycles. The van der Waals surface area contributed by atoms with Crippen molar-refractivity contribution in [2.45, 2.75) is 44.8 Å². The van der Waals surface area contributed by atoms with E-state index >= 15 is 0 Å². The summed E-state index contributed by atoms with van der Waals surface area (Å²) in [5.41, 5.74) is 3.04. The van der Waals surface area contributed by atoms with E-state index in [2.05, 4.69) is 44.4 Å². The fourth-order valence-corrected chi connectivity index (χ4v) is 6.57. The van der Waals surface area contributed by atoms with Crippen molar-refractivity contribution in [2.75, 3.05) is 31.1 Å². The van der Waals surface area contributed by atoms with Gasteiger partial charge in [-0.15, -0.1) is 11.3 Å². The van der Waals surface area contributed by atoms with Crippen molar-refractivity contribution in [3.63, 3.8) is 0 Å². The number of hydrogen-bond acceptors (Lipinski definition) is 7. The van der Waals surface area contributed by atoms with Crippen LogP contribution in [0.1, 0.15) is 57.0 Å². The SMILES string of the molecule is O=C(NC1CCN(Cc2ccccc2)CC1)C1CCN(c2cccc3c2C(=O)N(Cc2nccs2)C3=O)CC1. The van der Waals surface area contributed by atoms with E-state index in [9.17, 15) is 14.4 Å². The third kappa shape index (κ3) is 5.46. The van der Waals surface area contributed by atoms with Gasteiger partial charge in [0.15, 0.2) is 0 Å². The number of amides is 3. The Morgan fingerprint density at radius 1 is 0.897 bits per heavy atom. The van der Waals surface area contributed by atoms with Gasteiger partial charge in [0.05, 0.1) is 23.4 Å². The Morgan fingerprint density at radius 2 is 1.67 bits per heavy atom. The smallest absolute Gasteiger partial charge is 0.264 e. The number of aromatic nitrogens is 1. The van der Waals surface area contributed by atoms with Gasteiger partial charge < -0.3 is 10.2 Å². The molecule has 0 radical (unpaired) electrons. The summed E-state index contributed by atoms with van der Waals surface area (Å²) in [6.07, 6.45) is 5.09. The van der Waals surface area contributed by atoms with Crippen LogP contribution in [-0.4, -0.2) is 64.7 Å². The van der Waals surface area contributed by atoms with Crippen molar-refractivity contribution >= 4 is 34.7 Å². The number of hydrogen-bond donors (Lipinski definition) is 1. The van der Waals surface area contributed by atoms with Gasteiger partial charge in [0.25, 0.3) is 11.8 Å². The first-order valence-electron chi connectivity index (χ1n) is 13.8. The molecule has 3 amide bonds. The van der Waals surface area contributed by atoms with E-state index in [0.29, 0.717) is 24.2 Å². The van der Waals surface area contributed by atoms with Crippen molar-refractivity contribution in [3.8, 4) is 0 Å². The van der Waals surface area contributed by atoms with Crippen LogP contribution < -0.4 is 10.2 Å². The Morgan fingerprint density at radius 3 is 2.38 bits per heavy atom. The topological polar surface area (TPSA) is 85.8 Å². The summed E-state index contributed by atoms with van der Waals surface area (Å²) in [6.45, 7) is 4.49. The Balaban J connectivity index is 1.02. The number of nitrogens with zero attached hydrogens (tertiary/aromatic N) is 4. The minimum absolute atomic E-state index is 0.0286. The molecule has 0 bridgehead atoms. The number of fused-ring (bicyclic) bond motifs is 1. The lowest BCUT2D eigenvalue weighted by Gasteiger charge is -2.36. The van der Waals surface area contributed by atoms with Crippen LogP contribution in [0.2, 0.25) is 0 Å². The van der Waals surface area contributed by atoms with E-state index in [1.54, 1.807) is 12.3 Å². The molecule has 0 unspecified atom stereocenters. The molecule has 3 aromatic rings. The first-order chi connectivity index (χ1) is 19.1. The normalized spacial score (nSPS) is 19.0. The average molecular weight is 544 g/mol. The van der Waals surface area contributed by atoms with Gasteiger partial charge in [-0.05, 0) is 43.4 Å². The number of carbonyl (C=O) groups excluding carboxylic acids is 3. The van der Waals surface area contributed by atoms with Gasteiger partial charge in [-0.2, -0.15) is 0 Å². The summed E-state index contributed by atoms with van der Waals surface area (Å²) in [5.74, 6) is -0.412. The highest BCUT2D eigenvalue weighted by atomic mass is 32.1. The molecule has 6 rings (SSSR count). The highest BCUT2D eigenvalue weighted by molar-refractivity contribution is 7.09. The lowest BCUT2D eigenvalue weighted by molar-refractivity contribution is -0.126. The van der Waals surface area contributed by atoms with E-state index in [1.807, 2.05) is 23.6 Å². The summed E-state index contributed by atoms with van der Waals surface area (Å²) >= 11 is 1.43. The van der Waals surface area contributed by atoms with Gasteiger partial charge in [0.2, 0.25) is 5.91 Å². The summed E-state index contributed by atoms with van der Waals surface area (Å²) in [7, 11) is 0. The monoisotopic (exact) mass is 543 g/mol. The summed E-state index contributed by atoms with van der Waals surface area (Å²) in [6, 6.07) is 16.2. The Hall–Kier alpha value is -3.56. The van der Waals surface area contributed by atoms with Gasteiger partial charge in [0, 0.05) is 56.3 Å². The third-order valence-corrected chi connectivity index (χ3v) is 8.91. The molecule has 1 aromatic heterocycles. The van der Waals surface area contributed by atoms with Crippen LogP contribution in [0.25, 0.3) is 0 Å². The van der Waals surface area contributed by atoms with Crippen LogP contribution in [-0.2, 0) is 17.9 Å². The number of anilines is 1. The minimum atomic E-state index is -0.267. The van der Waals surface area contributed by atoms with E-state index in [0.717, 1.165) is 56.0 Å². The fourth-order valence-electron chi connectivity index (χ4n) is 5.97. The van der Waals surface area contributed by atoms with Gasteiger partial charge in [-0.1, -0.05) is 36.4 Å². The van der Waals surface area contributed by atoms with Crippen molar-refractivity contribution in [3.05, 3.63) is 81.8 Å². The lowest BCUT2D eigenvalue weighted by atomic mass is 9.93. The second kappa shape index (κ2) is 11.3. The van der Waals surface area contributed by atoms with Gasteiger partial charge in [-0.3, -0.25) is 24.2 Å². The number of rotatable bonds is 7. The quantitative estimate of drug-likeness (QED) is 0.455. The average Bonchev–Trinajstić information content (AvgIpc) is 3.57. The zero-order chi connectivity index (χ0) is 26.8. The highest BCUT2D eigenvalue weighted by Crippen LogP contribution is 2.35. The molecule has 2 saturated heterocycles. The third-order valence-electron chi connectivity index (χ3n) is 8.14. The van der Waals surface area contributed by atoms with Gasteiger partial charge >= 0.3 is 0 Å². The van der Waals surface area contributed by atoms with Crippen LogP contribution in [0.3, 0.4) is 0 Å². The number of imide groups is 1. The Labute approximate surface area is 232 Å². The molecular formula is C30H33N5O3S. The van der Waals surface area contributed by atoms with Gasteiger partial charge in [0.1, 0.15) is 5.01 Å². The van der Waals surface area contributed by atoms with E-state index in [4.69, 9.17) is 0 Å². The van der Waals surface area contributed by atoms with Crippen LogP contribution in [0, 0.1) is 5.92 Å². The van der Waals surface area contributed by atoms with Crippen molar-refractivity contribution in [2.24, 2.45) is 5.92 Å². The fraction of sp³-hybridized carbons (Fsp3) is 0.400. The number of likely N-dealkylation sites (tertiary alicyclic amines) is 1. The summed E-state index contributed by atoms with van der Waals surface area (Å²) in [5, 5.41) is 5.89. The molecule has 3 aliphatic rings. The molecule has 39 heavy (non-hydrogen) atoms. The summed E-state index contributed by atoms with van der Waals surface area (Å²) < 4.78 is 0. The molecular weight excluding hydrogens is 510 g/mol. The molecule has 9 heteroatoms. The zero-order valence-electron chi connectivity index (χ0n) is 21.9.